The number of carbonyl (C=O) groups excluding carboxylic acids is 1. The normalized spacial score (nSPS) is 13.1. The number of benzene rings is 3. The first kappa shape index (κ1) is 22.6. The lowest BCUT2D eigenvalue weighted by atomic mass is 10.1. The number of anilines is 2. The van der Waals surface area contributed by atoms with Crippen molar-refractivity contribution in [2.75, 3.05) is 23.3 Å². The summed E-state index contributed by atoms with van der Waals surface area (Å²) >= 11 is 0. The van der Waals surface area contributed by atoms with E-state index < -0.39 is 10.0 Å². The maximum atomic E-state index is 13.7. The predicted octanol–water partition coefficient (Wildman–Crippen LogP) is 4.36. The van der Waals surface area contributed by atoms with Gasteiger partial charge in [0.05, 0.1) is 18.1 Å². The van der Waals surface area contributed by atoms with Gasteiger partial charge in [0.25, 0.3) is 10.0 Å². The minimum absolute atomic E-state index is 0.0530. The summed E-state index contributed by atoms with van der Waals surface area (Å²) in [5, 5.41) is 2.72. The van der Waals surface area contributed by atoms with E-state index in [1.807, 2.05) is 0 Å². The molecular weight excluding hydrogens is 447 g/mol. The summed E-state index contributed by atoms with van der Waals surface area (Å²) in [5.41, 5.74) is 1.32. The molecule has 1 aliphatic heterocycles. The van der Waals surface area contributed by atoms with Crippen LogP contribution in [0.25, 0.3) is 0 Å². The van der Waals surface area contributed by atoms with Crippen molar-refractivity contribution in [1.82, 2.24) is 0 Å². The Morgan fingerprint density at radius 1 is 0.909 bits per heavy atom. The van der Waals surface area contributed by atoms with Crippen LogP contribution < -0.4 is 19.5 Å². The second kappa shape index (κ2) is 9.91. The number of ether oxygens (including phenoxy) is 2. The number of fused-ring (bicyclic) bond motifs is 1. The van der Waals surface area contributed by atoms with E-state index in [9.17, 15) is 17.6 Å². The maximum Gasteiger partial charge on any atom is 0.262 e. The zero-order chi connectivity index (χ0) is 23.3. The molecule has 0 saturated carbocycles. The highest BCUT2D eigenvalue weighted by atomic mass is 32.2. The Morgan fingerprint density at radius 3 is 2.36 bits per heavy atom. The molecule has 0 fully saturated rings. The van der Waals surface area contributed by atoms with Crippen molar-refractivity contribution >= 4 is 27.3 Å². The summed E-state index contributed by atoms with van der Waals surface area (Å²) in [5.74, 6) is 0.305. The number of nitrogens with one attached hydrogen (secondary N) is 2. The molecule has 9 heteroatoms. The van der Waals surface area contributed by atoms with Crippen LogP contribution in [0, 0.1) is 5.82 Å². The van der Waals surface area contributed by atoms with Gasteiger partial charge in [-0.2, -0.15) is 0 Å². The molecule has 4 rings (SSSR count). The number of halogens is 1. The van der Waals surface area contributed by atoms with E-state index in [2.05, 4.69) is 10.0 Å². The molecule has 7 nitrogen and oxygen atoms in total. The zero-order valence-corrected chi connectivity index (χ0v) is 18.5. The fourth-order valence-electron chi connectivity index (χ4n) is 3.32. The molecular formula is C24H23FN2O5S. The first-order valence-corrected chi connectivity index (χ1v) is 11.9. The number of sulfonamides is 1. The third-order valence-corrected chi connectivity index (χ3v) is 6.41. The SMILES string of the molecule is O=C(CCc1ccccc1F)Nc1ccc(NS(=O)(=O)c2ccc3c(c2)OCCCO3)cc1. The van der Waals surface area contributed by atoms with Gasteiger partial charge in [-0.25, -0.2) is 12.8 Å². The van der Waals surface area contributed by atoms with E-state index in [0.29, 0.717) is 41.7 Å². The van der Waals surface area contributed by atoms with Crippen LogP contribution in [0.4, 0.5) is 15.8 Å². The number of hydrogen-bond acceptors (Lipinski definition) is 5. The van der Waals surface area contributed by atoms with Crippen molar-refractivity contribution < 1.29 is 27.1 Å². The molecule has 0 radical (unpaired) electrons. The Labute approximate surface area is 191 Å². The van der Waals surface area contributed by atoms with Crippen LogP contribution in [0.3, 0.4) is 0 Å². The van der Waals surface area contributed by atoms with Crippen molar-refractivity contribution in [3.05, 3.63) is 78.1 Å². The average Bonchev–Trinajstić information content (AvgIpc) is 3.05. The summed E-state index contributed by atoms with van der Waals surface area (Å²) in [6.45, 7) is 0.973. The van der Waals surface area contributed by atoms with Gasteiger partial charge in [0.1, 0.15) is 5.82 Å². The van der Waals surface area contributed by atoms with E-state index in [-0.39, 0.29) is 29.5 Å². The summed E-state index contributed by atoms with van der Waals surface area (Å²) < 4.78 is 52.8. The summed E-state index contributed by atoms with van der Waals surface area (Å²) in [7, 11) is -3.85. The Morgan fingerprint density at radius 2 is 1.61 bits per heavy atom. The Kier molecular flexibility index (Phi) is 6.79. The Balaban J connectivity index is 1.36. The second-order valence-electron chi connectivity index (χ2n) is 7.48. The third-order valence-electron chi connectivity index (χ3n) is 5.03. The largest absolute Gasteiger partial charge is 0.490 e. The van der Waals surface area contributed by atoms with E-state index >= 15 is 0 Å². The molecule has 3 aromatic carbocycles. The van der Waals surface area contributed by atoms with Crippen molar-refractivity contribution in [2.24, 2.45) is 0 Å². The highest BCUT2D eigenvalue weighted by Gasteiger charge is 2.19. The number of carbonyl (C=O) groups is 1. The smallest absolute Gasteiger partial charge is 0.262 e. The molecule has 1 aliphatic rings. The standard InChI is InChI=1S/C24H23FN2O5S/c25-21-5-2-1-4-17(21)6-13-24(28)26-18-7-9-19(10-8-18)27-33(29,30)20-11-12-22-23(16-20)32-15-3-14-31-22/h1-2,4-5,7-12,16,27H,3,6,13-15H2,(H,26,28). The van der Waals surface area contributed by atoms with Gasteiger partial charge in [0.15, 0.2) is 11.5 Å². The van der Waals surface area contributed by atoms with Gasteiger partial charge < -0.3 is 14.8 Å². The van der Waals surface area contributed by atoms with Crippen molar-refractivity contribution in [2.45, 2.75) is 24.2 Å². The molecule has 0 spiro atoms. The molecule has 33 heavy (non-hydrogen) atoms. The molecule has 1 heterocycles. The lowest BCUT2D eigenvalue weighted by molar-refractivity contribution is -0.116. The second-order valence-corrected chi connectivity index (χ2v) is 9.16. The number of aryl methyl sites for hydroxylation is 1. The topological polar surface area (TPSA) is 93.7 Å². The molecule has 0 bridgehead atoms. The first-order chi connectivity index (χ1) is 15.9. The van der Waals surface area contributed by atoms with Crippen LogP contribution in [-0.4, -0.2) is 27.5 Å². The molecule has 1 amide bonds. The summed E-state index contributed by atoms with van der Waals surface area (Å²) in [4.78, 5) is 12.2. The van der Waals surface area contributed by atoms with Gasteiger partial charge in [0.2, 0.25) is 5.91 Å². The van der Waals surface area contributed by atoms with Crippen molar-refractivity contribution in [1.29, 1.82) is 0 Å². The summed E-state index contributed by atoms with van der Waals surface area (Å²) in [6.07, 6.45) is 1.13. The molecule has 3 aromatic rings. The van der Waals surface area contributed by atoms with Crippen LogP contribution >= 0.6 is 0 Å². The Hall–Kier alpha value is -3.59. The van der Waals surface area contributed by atoms with Crippen LogP contribution in [-0.2, 0) is 21.2 Å². The number of rotatable bonds is 7. The summed E-state index contributed by atoms with van der Waals surface area (Å²) in [6, 6.07) is 17.1. The lowest BCUT2D eigenvalue weighted by Gasteiger charge is -2.12. The fraction of sp³-hybridized carbons (Fsp3) is 0.208. The maximum absolute atomic E-state index is 13.7. The fourth-order valence-corrected chi connectivity index (χ4v) is 4.39. The van der Waals surface area contributed by atoms with Crippen LogP contribution in [0.15, 0.2) is 71.6 Å². The van der Waals surface area contributed by atoms with Gasteiger partial charge >= 0.3 is 0 Å². The average molecular weight is 471 g/mol. The molecule has 172 valence electrons. The molecule has 0 saturated heterocycles. The van der Waals surface area contributed by atoms with Gasteiger partial charge in [-0.15, -0.1) is 0 Å². The quantitative estimate of drug-likeness (QED) is 0.535. The van der Waals surface area contributed by atoms with Crippen molar-refractivity contribution in [3.8, 4) is 11.5 Å². The molecule has 0 unspecified atom stereocenters. The van der Waals surface area contributed by atoms with Gasteiger partial charge in [0, 0.05) is 30.3 Å². The van der Waals surface area contributed by atoms with Crippen LogP contribution in [0.1, 0.15) is 18.4 Å². The number of amides is 1. The van der Waals surface area contributed by atoms with E-state index in [4.69, 9.17) is 9.47 Å². The van der Waals surface area contributed by atoms with Crippen LogP contribution in [0.2, 0.25) is 0 Å². The highest BCUT2D eigenvalue weighted by Crippen LogP contribution is 2.32. The lowest BCUT2D eigenvalue weighted by Crippen LogP contribution is -2.14. The molecule has 0 atom stereocenters. The van der Waals surface area contributed by atoms with Gasteiger partial charge in [-0.3, -0.25) is 9.52 Å². The van der Waals surface area contributed by atoms with E-state index in [1.54, 1.807) is 48.5 Å². The highest BCUT2D eigenvalue weighted by molar-refractivity contribution is 7.92. The van der Waals surface area contributed by atoms with Crippen LogP contribution in [0.5, 0.6) is 11.5 Å². The van der Waals surface area contributed by atoms with E-state index in [1.165, 1.54) is 18.2 Å². The minimum atomic E-state index is -3.85. The first-order valence-electron chi connectivity index (χ1n) is 10.5. The van der Waals surface area contributed by atoms with E-state index in [0.717, 1.165) is 6.42 Å². The Bertz CT molecular complexity index is 1250. The van der Waals surface area contributed by atoms with Gasteiger partial charge in [-0.1, -0.05) is 18.2 Å². The third kappa shape index (κ3) is 5.81. The molecule has 0 aliphatic carbocycles. The zero-order valence-electron chi connectivity index (χ0n) is 17.7. The van der Waals surface area contributed by atoms with Gasteiger partial charge in [-0.05, 0) is 54.4 Å². The molecule has 0 aromatic heterocycles. The number of hydrogen-bond donors (Lipinski definition) is 2. The molecule has 2 N–H and O–H groups in total. The minimum Gasteiger partial charge on any atom is -0.490 e. The monoisotopic (exact) mass is 470 g/mol. The predicted molar refractivity (Wildman–Crippen MR) is 123 cm³/mol. The van der Waals surface area contributed by atoms with Crippen molar-refractivity contribution in [3.63, 3.8) is 0 Å².